The summed E-state index contributed by atoms with van der Waals surface area (Å²) in [7, 11) is 0. The van der Waals surface area contributed by atoms with E-state index in [1.54, 1.807) is 6.92 Å². The average Bonchev–Trinajstić information content (AvgIpc) is 2.15. The van der Waals surface area contributed by atoms with Crippen molar-refractivity contribution in [2.24, 2.45) is 0 Å². The Hall–Kier alpha value is -0.120. The zero-order valence-corrected chi connectivity index (χ0v) is 5.54. The molecule has 0 spiro atoms. The Bertz CT molecular complexity index is 76.4. The molecule has 2 atom stereocenters. The van der Waals surface area contributed by atoms with Crippen molar-refractivity contribution in [3.63, 3.8) is 0 Å². The molecule has 0 radical (unpaired) electrons. The van der Waals surface area contributed by atoms with E-state index in [0.29, 0.717) is 6.61 Å². The molecule has 1 aliphatic heterocycles. The number of hydrogen-bond acceptors (Lipinski definition) is 3. The highest BCUT2D eigenvalue weighted by atomic mass is 16.6. The zero-order valence-electron chi connectivity index (χ0n) is 5.54. The Kier molecular flexibility index (Phi) is 2.45. The number of hydrogen-bond donors (Lipinski definition) is 1. The molecule has 0 aromatic rings. The molecule has 3 heteroatoms. The van der Waals surface area contributed by atoms with E-state index in [1.807, 2.05) is 0 Å². The minimum Gasteiger partial charge on any atom is -0.379 e. The Morgan fingerprint density at radius 1 is 1.78 bits per heavy atom. The van der Waals surface area contributed by atoms with Gasteiger partial charge in [-0.3, -0.25) is 0 Å². The van der Waals surface area contributed by atoms with Crippen molar-refractivity contribution in [2.75, 3.05) is 13.2 Å². The summed E-state index contributed by atoms with van der Waals surface area (Å²) in [5.41, 5.74) is 0. The molecule has 0 aromatic carbocycles. The van der Waals surface area contributed by atoms with Crippen LogP contribution in [0, 0.1) is 0 Å². The highest BCUT2D eigenvalue weighted by Gasteiger charge is 2.17. The topological polar surface area (TPSA) is 38.7 Å². The highest BCUT2D eigenvalue weighted by Crippen LogP contribution is 2.08. The first-order valence-electron chi connectivity index (χ1n) is 3.20. The second-order valence-electron chi connectivity index (χ2n) is 2.22. The molecule has 3 nitrogen and oxygen atoms in total. The minimum absolute atomic E-state index is 0.116. The summed E-state index contributed by atoms with van der Waals surface area (Å²) < 4.78 is 10.1. The molecule has 0 bridgehead atoms. The monoisotopic (exact) mass is 132 g/mol. The third kappa shape index (κ3) is 2.30. The van der Waals surface area contributed by atoms with Crippen LogP contribution in [0.5, 0.6) is 0 Å². The largest absolute Gasteiger partial charge is 0.379 e. The van der Waals surface area contributed by atoms with Gasteiger partial charge in [-0.1, -0.05) is 0 Å². The summed E-state index contributed by atoms with van der Waals surface area (Å²) >= 11 is 0. The van der Waals surface area contributed by atoms with E-state index >= 15 is 0 Å². The Balaban J connectivity index is 2.11. The summed E-state index contributed by atoms with van der Waals surface area (Å²) in [6.45, 7) is 3.00. The van der Waals surface area contributed by atoms with Crippen LogP contribution < -0.4 is 0 Å². The van der Waals surface area contributed by atoms with Gasteiger partial charge in [-0.05, 0) is 13.3 Å². The molecular weight excluding hydrogens is 120 g/mol. The molecular formula is C6H12O3. The van der Waals surface area contributed by atoms with Crippen LogP contribution in [0.15, 0.2) is 0 Å². The van der Waals surface area contributed by atoms with Crippen molar-refractivity contribution < 1.29 is 14.6 Å². The van der Waals surface area contributed by atoms with Crippen molar-refractivity contribution in [1.82, 2.24) is 0 Å². The van der Waals surface area contributed by atoms with Crippen LogP contribution in [0.2, 0.25) is 0 Å². The predicted octanol–water partition coefficient (Wildman–Crippen LogP) is 0.130. The molecule has 54 valence electrons. The van der Waals surface area contributed by atoms with Crippen LogP contribution in [0.25, 0.3) is 0 Å². The molecule has 0 saturated carbocycles. The van der Waals surface area contributed by atoms with Crippen LogP contribution in [0.1, 0.15) is 13.3 Å². The van der Waals surface area contributed by atoms with Gasteiger partial charge in [0.25, 0.3) is 0 Å². The van der Waals surface area contributed by atoms with Gasteiger partial charge in [-0.2, -0.15) is 0 Å². The van der Waals surface area contributed by atoms with Gasteiger partial charge in [-0.25, -0.2) is 0 Å². The zero-order chi connectivity index (χ0) is 6.69. The van der Waals surface area contributed by atoms with E-state index in [0.717, 1.165) is 13.0 Å². The Morgan fingerprint density at radius 3 is 3.00 bits per heavy atom. The molecule has 1 saturated heterocycles. The van der Waals surface area contributed by atoms with E-state index in [-0.39, 0.29) is 6.10 Å². The molecule has 1 N–H and O–H groups in total. The molecule has 1 aliphatic rings. The third-order valence-corrected chi connectivity index (χ3v) is 1.28. The molecule has 2 unspecified atom stereocenters. The fourth-order valence-electron chi connectivity index (χ4n) is 0.899. The maximum Gasteiger partial charge on any atom is 0.152 e. The molecule has 9 heavy (non-hydrogen) atoms. The van der Waals surface area contributed by atoms with E-state index < -0.39 is 6.29 Å². The van der Waals surface area contributed by atoms with Gasteiger partial charge >= 0.3 is 0 Å². The van der Waals surface area contributed by atoms with Gasteiger partial charge in [0.05, 0.1) is 12.7 Å². The van der Waals surface area contributed by atoms with Crippen LogP contribution in [-0.2, 0) is 9.47 Å². The predicted molar refractivity (Wildman–Crippen MR) is 32.0 cm³/mol. The lowest BCUT2D eigenvalue weighted by molar-refractivity contribution is -0.122. The summed E-state index contributed by atoms with van der Waals surface area (Å²) in [6, 6.07) is 0. The standard InChI is InChI=1S/C6H12O3/c1-5(7)9-6-2-3-8-4-6/h5-7H,2-4H2,1H3. The lowest BCUT2D eigenvalue weighted by atomic mass is 10.3. The van der Waals surface area contributed by atoms with Crippen LogP contribution in [0.4, 0.5) is 0 Å². The van der Waals surface area contributed by atoms with Crippen molar-refractivity contribution in [2.45, 2.75) is 25.7 Å². The third-order valence-electron chi connectivity index (χ3n) is 1.28. The Morgan fingerprint density at radius 2 is 2.56 bits per heavy atom. The second-order valence-corrected chi connectivity index (χ2v) is 2.22. The van der Waals surface area contributed by atoms with Gasteiger partial charge in [-0.15, -0.1) is 0 Å². The van der Waals surface area contributed by atoms with E-state index in [2.05, 4.69) is 0 Å². The van der Waals surface area contributed by atoms with Crippen molar-refractivity contribution in [3.05, 3.63) is 0 Å². The average molecular weight is 132 g/mol. The van der Waals surface area contributed by atoms with Crippen LogP contribution in [-0.4, -0.2) is 30.7 Å². The number of aliphatic hydroxyl groups is 1. The van der Waals surface area contributed by atoms with E-state index in [4.69, 9.17) is 14.6 Å². The highest BCUT2D eigenvalue weighted by molar-refractivity contribution is 4.62. The number of ether oxygens (including phenoxy) is 2. The van der Waals surface area contributed by atoms with Crippen LogP contribution in [0.3, 0.4) is 0 Å². The van der Waals surface area contributed by atoms with Gasteiger partial charge in [0.15, 0.2) is 6.29 Å². The van der Waals surface area contributed by atoms with Gasteiger partial charge in [0.1, 0.15) is 0 Å². The molecule has 0 aliphatic carbocycles. The minimum atomic E-state index is -0.656. The summed E-state index contributed by atoms with van der Waals surface area (Å²) in [5.74, 6) is 0. The van der Waals surface area contributed by atoms with E-state index in [9.17, 15) is 0 Å². The number of rotatable bonds is 2. The Labute approximate surface area is 54.6 Å². The van der Waals surface area contributed by atoms with Gasteiger partial charge in [0, 0.05) is 6.61 Å². The maximum atomic E-state index is 8.74. The first kappa shape index (κ1) is 6.99. The van der Waals surface area contributed by atoms with Crippen molar-refractivity contribution in [3.8, 4) is 0 Å². The van der Waals surface area contributed by atoms with Crippen LogP contribution >= 0.6 is 0 Å². The number of aliphatic hydroxyl groups excluding tert-OH is 1. The molecule has 0 amide bonds. The molecule has 1 heterocycles. The maximum absolute atomic E-state index is 8.74. The lowest BCUT2D eigenvalue weighted by Gasteiger charge is -2.10. The first-order valence-corrected chi connectivity index (χ1v) is 3.20. The van der Waals surface area contributed by atoms with Crippen molar-refractivity contribution in [1.29, 1.82) is 0 Å². The molecule has 1 rings (SSSR count). The van der Waals surface area contributed by atoms with Gasteiger partial charge in [0.2, 0.25) is 0 Å². The normalized spacial score (nSPS) is 30.7. The first-order chi connectivity index (χ1) is 4.29. The summed E-state index contributed by atoms with van der Waals surface area (Å²) in [6.07, 6.45) is 0.368. The molecule has 1 fully saturated rings. The molecule has 0 aromatic heterocycles. The summed E-state index contributed by atoms with van der Waals surface area (Å²) in [4.78, 5) is 0. The lowest BCUT2D eigenvalue weighted by Crippen LogP contribution is -2.19. The van der Waals surface area contributed by atoms with Crippen molar-refractivity contribution >= 4 is 0 Å². The smallest absolute Gasteiger partial charge is 0.152 e. The second kappa shape index (κ2) is 3.15. The fraction of sp³-hybridized carbons (Fsp3) is 1.00. The van der Waals surface area contributed by atoms with Gasteiger partial charge < -0.3 is 14.6 Å². The SMILES string of the molecule is CC(O)OC1CCOC1. The van der Waals surface area contributed by atoms with E-state index in [1.165, 1.54) is 0 Å². The summed E-state index contributed by atoms with van der Waals surface area (Å²) in [5, 5.41) is 8.74. The quantitative estimate of drug-likeness (QED) is 0.543. The fourth-order valence-corrected chi connectivity index (χ4v) is 0.899.